The van der Waals surface area contributed by atoms with Crippen molar-refractivity contribution in [2.75, 3.05) is 26.2 Å². The molecule has 0 bridgehead atoms. The molecule has 1 atom stereocenters. The number of rotatable bonds is 7. The normalized spacial score (nSPS) is 21.8. The van der Waals surface area contributed by atoms with E-state index in [0.717, 1.165) is 44.5 Å². The van der Waals surface area contributed by atoms with Crippen LogP contribution in [0.25, 0.3) is 0 Å². The van der Waals surface area contributed by atoms with E-state index in [9.17, 15) is 4.79 Å². The van der Waals surface area contributed by atoms with Crippen LogP contribution in [0, 0.1) is 13.8 Å². The van der Waals surface area contributed by atoms with Gasteiger partial charge in [-0.1, -0.05) is 0 Å². The van der Waals surface area contributed by atoms with E-state index in [-0.39, 0.29) is 0 Å². The van der Waals surface area contributed by atoms with Crippen LogP contribution in [0.1, 0.15) is 62.8 Å². The van der Waals surface area contributed by atoms with Crippen molar-refractivity contribution in [3.8, 4) is 0 Å². The monoisotopic (exact) mass is 346 g/mol. The van der Waals surface area contributed by atoms with Crippen molar-refractivity contribution in [3.63, 3.8) is 0 Å². The number of aryl methyl sites for hydroxylation is 2. The number of likely N-dealkylation sites (tertiary alicyclic amines) is 2. The zero-order valence-corrected chi connectivity index (χ0v) is 16.0. The van der Waals surface area contributed by atoms with Crippen molar-refractivity contribution in [3.05, 3.63) is 17.5 Å². The summed E-state index contributed by atoms with van der Waals surface area (Å²) in [5, 5.41) is 4.59. The standard InChI is InChI=1S/C20H34N4O/c1-17-15-18(2)24(21-17)16-19-9-3-6-14-23(19)20(25)10-4-5-11-22-12-7-8-13-22/h15,19H,3-14,16H2,1-2H3. The third kappa shape index (κ3) is 5.06. The average Bonchev–Trinajstić information content (AvgIpc) is 3.22. The Labute approximate surface area is 152 Å². The van der Waals surface area contributed by atoms with Crippen LogP contribution >= 0.6 is 0 Å². The lowest BCUT2D eigenvalue weighted by molar-refractivity contribution is -0.135. The molecule has 5 nitrogen and oxygen atoms in total. The minimum atomic E-state index is 0.317. The molecule has 2 saturated heterocycles. The summed E-state index contributed by atoms with van der Waals surface area (Å²) in [5.74, 6) is 0.354. The lowest BCUT2D eigenvalue weighted by atomic mass is 10.0. The molecule has 1 unspecified atom stereocenters. The summed E-state index contributed by atoms with van der Waals surface area (Å²) in [4.78, 5) is 17.5. The van der Waals surface area contributed by atoms with E-state index >= 15 is 0 Å². The summed E-state index contributed by atoms with van der Waals surface area (Å²) >= 11 is 0. The van der Waals surface area contributed by atoms with Gasteiger partial charge < -0.3 is 9.80 Å². The molecular formula is C20H34N4O. The lowest BCUT2D eigenvalue weighted by Crippen LogP contribution is -2.46. The minimum absolute atomic E-state index is 0.317. The molecule has 0 N–H and O–H groups in total. The Bertz CT molecular complexity index is 562. The van der Waals surface area contributed by atoms with E-state index < -0.39 is 0 Å². The molecule has 2 aliphatic rings. The lowest BCUT2D eigenvalue weighted by Gasteiger charge is -2.36. The molecule has 0 spiro atoms. The highest BCUT2D eigenvalue weighted by atomic mass is 16.2. The molecule has 1 aromatic heterocycles. The predicted octanol–water partition coefficient (Wildman–Crippen LogP) is 3.15. The molecule has 140 valence electrons. The van der Waals surface area contributed by atoms with Crippen LogP contribution in [0.15, 0.2) is 6.07 Å². The zero-order chi connectivity index (χ0) is 17.6. The van der Waals surface area contributed by atoms with Crippen LogP contribution in [-0.4, -0.2) is 57.7 Å². The second-order valence-electron chi connectivity index (χ2n) is 7.85. The summed E-state index contributed by atoms with van der Waals surface area (Å²) in [6.07, 6.45) is 9.07. The first-order chi connectivity index (χ1) is 12.1. The van der Waals surface area contributed by atoms with Gasteiger partial charge in [0.25, 0.3) is 0 Å². The maximum Gasteiger partial charge on any atom is 0.222 e. The van der Waals surface area contributed by atoms with Crippen molar-refractivity contribution >= 4 is 5.91 Å². The van der Waals surface area contributed by atoms with Crippen molar-refractivity contribution in [1.82, 2.24) is 19.6 Å². The van der Waals surface area contributed by atoms with Crippen LogP contribution < -0.4 is 0 Å². The van der Waals surface area contributed by atoms with Gasteiger partial charge in [-0.3, -0.25) is 9.48 Å². The van der Waals surface area contributed by atoms with Gasteiger partial charge in [-0.15, -0.1) is 0 Å². The van der Waals surface area contributed by atoms with Crippen LogP contribution in [0.5, 0.6) is 0 Å². The number of amides is 1. The molecule has 1 aromatic rings. The quantitative estimate of drug-likeness (QED) is 0.712. The van der Waals surface area contributed by atoms with E-state index in [1.54, 1.807) is 0 Å². The summed E-state index contributed by atoms with van der Waals surface area (Å²) in [6.45, 7) is 9.59. The molecule has 25 heavy (non-hydrogen) atoms. The Morgan fingerprint density at radius 3 is 2.60 bits per heavy atom. The molecule has 0 aliphatic carbocycles. The third-order valence-electron chi connectivity index (χ3n) is 5.75. The molecule has 3 heterocycles. The van der Waals surface area contributed by atoms with Crippen LogP contribution in [0.3, 0.4) is 0 Å². The van der Waals surface area contributed by atoms with E-state index in [0.29, 0.717) is 18.4 Å². The summed E-state index contributed by atoms with van der Waals surface area (Å²) in [5.41, 5.74) is 2.26. The molecule has 5 heteroatoms. The number of hydrogen-bond acceptors (Lipinski definition) is 3. The van der Waals surface area contributed by atoms with Gasteiger partial charge in [0.15, 0.2) is 0 Å². The SMILES string of the molecule is Cc1cc(C)n(CC2CCCCN2C(=O)CCCCN2CCCC2)n1. The van der Waals surface area contributed by atoms with Gasteiger partial charge >= 0.3 is 0 Å². The summed E-state index contributed by atoms with van der Waals surface area (Å²) in [6, 6.07) is 2.44. The maximum absolute atomic E-state index is 12.8. The number of hydrogen-bond donors (Lipinski definition) is 0. The molecule has 0 saturated carbocycles. The third-order valence-corrected chi connectivity index (χ3v) is 5.75. The Hall–Kier alpha value is -1.36. The van der Waals surface area contributed by atoms with Crippen LogP contribution in [0.4, 0.5) is 0 Å². The van der Waals surface area contributed by atoms with E-state index in [4.69, 9.17) is 0 Å². The largest absolute Gasteiger partial charge is 0.338 e. The smallest absolute Gasteiger partial charge is 0.222 e. The first kappa shape index (κ1) is 18.4. The highest BCUT2D eigenvalue weighted by molar-refractivity contribution is 5.76. The fourth-order valence-electron chi connectivity index (χ4n) is 4.34. The second kappa shape index (κ2) is 8.84. The van der Waals surface area contributed by atoms with Gasteiger partial charge in [-0.05, 0) is 84.5 Å². The Kier molecular flexibility index (Phi) is 6.51. The molecule has 0 aromatic carbocycles. The highest BCUT2D eigenvalue weighted by Crippen LogP contribution is 2.21. The average molecular weight is 347 g/mol. The Balaban J connectivity index is 1.47. The van der Waals surface area contributed by atoms with Gasteiger partial charge in [0.05, 0.1) is 18.3 Å². The number of unbranched alkanes of at least 4 members (excludes halogenated alkanes) is 1. The summed E-state index contributed by atoms with van der Waals surface area (Å²) in [7, 11) is 0. The van der Waals surface area contributed by atoms with Crippen molar-refractivity contribution in [1.29, 1.82) is 0 Å². The maximum atomic E-state index is 12.8. The van der Waals surface area contributed by atoms with Crippen LogP contribution in [0.2, 0.25) is 0 Å². The Morgan fingerprint density at radius 1 is 1.12 bits per heavy atom. The second-order valence-corrected chi connectivity index (χ2v) is 7.85. The van der Waals surface area contributed by atoms with E-state index in [1.807, 2.05) is 6.92 Å². The number of piperidine rings is 1. The van der Waals surface area contributed by atoms with Gasteiger partial charge in [-0.2, -0.15) is 5.10 Å². The number of carbonyl (C=O) groups excluding carboxylic acids is 1. The Morgan fingerprint density at radius 2 is 1.88 bits per heavy atom. The van der Waals surface area contributed by atoms with Gasteiger partial charge in [0, 0.05) is 18.7 Å². The number of nitrogens with zero attached hydrogens (tertiary/aromatic N) is 4. The van der Waals surface area contributed by atoms with E-state index in [1.165, 1.54) is 44.6 Å². The van der Waals surface area contributed by atoms with Gasteiger partial charge in [0.1, 0.15) is 0 Å². The molecule has 2 aliphatic heterocycles. The zero-order valence-electron chi connectivity index (χ0n) is 16.0. The fourth-order valence-corrected chi connectivity index (χ4v) is 4.34. The molecule has 2 fully saturated rings. The number of carbonyl (C=O) groups is 1. The molecule has 0 radical (unpaired) electrons. The summed E-state index contributed by atoms with van der Waals surface area (Å²) < 4.78 is 2.08. The van der Waals surface area contributed by atoms with Crippen molar-refractivity contribution < 1.29 is 4.79 Å². The fraction of sp³-hybridized carbons (Fsp3) is 0.800. The number of aromatic nitrogens is 2. The van der Waals surface area contributed by atoms with Crippen molar-refractivity contribution in [2.24, 2.45) is 0 Å². The predicted molar refractivity (Wildman–Crippen MR) is 101 cm³/mol. The first-order valence-electron chi connectivity index (χ1n) is 10.2. The van der Waals surface area contributed by atoms with Crippen LogP contribution in [-0.2, 0) is 11.3 Å². The molecule has 3 rings (SSSR count). The van der Waals surface area contributed by atoms with Gasteiger partial charge in [0.2, 0.25) is 5.91 Å². The first-order valence-corrected chi connectivity index (χ1v) is 10.2. The topological polar surface area (TPSA) is 41.4 Å². The highest BCUT2D eigenvalue weighted by Gasteiger charge is 2.27. The van der Waals surface area contributed by atoms with Crippen molar-refractivity contribution in [2.45, 2.75) is 77.8 Å². The van der Waals surface area contributed by atoms with E-state index in [2.05, 4.69) is 32.6 Å². The van der Waals surface area contributed by atoms with Gasteiger partial charge in [-0.25, -0.2) is 0 Å². The molecular weight excluding hydrogens is 312 g/mol. The molecule has 1 amide bonds. The minimum Gasteiger partial charge on any atom is -0.338 e.